The highest BCUT2D eigenvalue weighted by atomic mass is 16.5. The maximum absolute atomic E-state index is 5.50. The van der Waals surface area contributed by atoms with E-state index in [0.717, 1.165) is 50.2 Å². The van der Waals surface area contributed by atoms with Gasteiger partial charge in [0.15, 0.2) is 5.96 Å². The highest BCUT2D eigenvalue weighted by molar-refractivity contribution is 5.80. The number of aliphatic imine (C=N–C) groups is 1. The molecule has 3 rings (SSSR count). The molecule has 1 aliphatic heterocycles. The molecule has 0 bridgehead atoms. The lowest BCUT2D eigenvalue weighted by atomic mass is 10.2. The van der Waals surface area contributed by atoms with Crippen LogP contribution in [0.4, 0.5) is 5.69 Å². The molecule has 1 aromatic rings. The Labute approximate surface area is 145 Å². The predicted octanol–water partition coefficient (Wildman–Crippen LogP) is 2.63. The van der Waals surface area contributed by atoms with Crippen LogP contribution in [0.15, 0.2) is 29.3 Å². The summed E-state index contributed by atoms with van der Waals surface area (Å²) in [6.07, 6.45) is 5.14. The summed E-state index contributed by atoms with van der Waals surface area (Å²) in [7, 11) is 1.74. The van der Waals surface area contributed by atoms with E-state index in [4.69, 9.17) is 9.73 Å². The summed E-state index contributed by atoms with van der Waals surface area (Å²) in [5.74, 6) is 2.84. The zero-order chi connectivity index (χ0) is 16.8. The van der Waals surface area contributed by atoms with Crippen molar-refractivity contribution in [3.05, 3.63) is 24.3 Å². The van der Waals surface area contributed by atoms with E-state index in [9.17, 15) is 0 Å². The van der Waals surface area contributed by atoms with Crippen molar-refractivity contribution < 1.29 is 4.74 Å². The van der Waals surface area contributed by atoms with Crippen LogP contribution in [0.1, 0.15) is 32.6 Å². The Morgan fingerprint density at radius 2 is 2.12 bits per heavy atom. The van der Waals surface area contributed by atoms with Gasteiger partial charge in [-0.15, -0.1) is 0 Å². The van der Waals surface area contributed by atoms with Gasteiger partial charge >= 0.3 is 0 Å². The van der Waals surface area contributed by atoms with Crippen molar-refractivity contribution >= 4 is 11.6 Å². The van der Waals surface area contributed by atoms with Crippen molar-refractivity contribution in [2.45, 2.75) is 38.6 Å². The van der Waals surface area contributed by atoms with E-state index in [2.05, 4.69) is 34.6 Å². The van der Waals surface area contributed by atoms with E-state index < -0.39 is 0 Å². The minimum Gasteiger partial charge on any atom is -0.495 e. The molecule has 2 N–H and O–H groups in total. The van der Waals surface area contributed by atoms with Crippen LogP contribution in [0, 0.1) is 5.92 Å². The molecule has 1 aromatic carbocycles. The van der Waals surface area contributed by atoms with Crippen molar-refractivity contribution in [1.29, 1.82) is 0 Å². The van der Waals surface area contributed by atoms with Gasteiger partial charge in [-0.1, -0.05) is 25.0 Å². The van der Waals surface area contributed by atoms with Gasteiger partial charge in [0.25, 0.3) is 0 Å². The first-order chi connectivity index (χ1) is 11.8. The van der Waals surface area contributed by atoms with Crippen LogP contribution in [0.2, 0.25) is 0 Å². The van der Waals surface area contributed by atoms with E-state index in [1.165, 1.54) is 24.9 Å². The van der Waals surface area contributed by atoms with Gasteiger partial charge in [-0.25, -0.2) is 0 Å². The third kappa shape index (κ3) is 4.56. The molecule has 0 radical (unpaired) electrons. The summed E-state index contributed by atoms with van der Waals surface area (Å²) in [5.41, 5.74) is 1.18. The van der Waals surface area contributed by atoms with Crippen LogP contribution in [-0.2, 0) is 0 Å². The minimum absolute atomic E-state index is 0.425. The Morgan fingerprint density at radius 3 is 2.88 bits per heavy atom. The fourth-order valence-corrected chi connectivity index (χ4v) is 3.27. The van der Waals surface area contributed by atoms with Crippen LogP contribution >= 0.6 is 0 Å². The van der Waals surface area contributed by atoms with Gasteiger partial charge in [0.2, 0.25) is 0 Å². The largest absolute Gasteiger partial charge is 0.495 e. The SMILES string of the molecule is CCNC(=NCCC1CC1)NC1CCN(c2ccccc2OC)C1. The second-order valence-corrected chi connectivity index (χ2v) is 6.74. The first kappa shape index (κ1) is 16.9. The monoisotopic (exact) mass is 330 g/mol. The topological polar surface area (TPSA) is 48.9 Å². The highest BCUT2D eigenvalue weighted by Crippen LogP contribution is 2.32. The molecule has 132 valence electrons. The van der Waals surface area contributed by atoms with E-state index >= 15 is 0 Å². The Bertz CT molecular complexity index is 556. The van der Waals surface area contributed by atoms with E-state index in [0.29, 0.717) is 6.04 Å². The van der Waals surface area contributed by atoms with Gasteiger partial charge in [-0.05, 0) is 37.8 Å². The molecule has 1 heterocycles. The van der Waals surface area contributed by atoms with E-state index in [1.54, 1.807) is 7.11 Å². The molecule has 1 aliphatic carbocycles. The van der Waals surface area contributed by atoms with Gasteiger partial charge in [0.1, 0.15) is 5.75 Å². The summed E-state index contributed by atoms with van der Waals surface area (Å²) in [6.45, 7) is 5.97. The van der Waals surface area contributed by atoms with Gasteiger partial charge in [-0.2, -0.15) is 0 Å². The van der Waals surface area contributed by atoms with Gasteiger partial charge in [0.05, 0.1) is 12.8 Å². The molecule has 24 heavy (non-hydrogen) atoms. The molecular formula is C19H30N4O. The Kier molecular flexibility index (Phi) is 5.83. The molecule has 1 atom stereocenters. The first-order valence-electron chi connectivity index (χ1n) is 9.23. The Morgan fingerprint density at radius 1 is 1.29 bits per heavy atom. The molecule has 0 aromatic heterocycles. The highest BCUT2D eigenvalue weighted by Gasteiger charge is 2.25. The lowest BCUT2D eigenvalue weighted by Gasteiger charge is -2.22. The number of para-hydroxylation sites is 2. The van der Waals surface area contributed by atoms with E-state index in [-0.39, 0.29) is 0 Å². The number of benzene rings is 1. The number of hydrogen-bond acceptors (Lipinski definition) is 3. The summed E-state index contributed by atoms with van der Waals surface area (Å²) in [4.78, 5) is 7.13. The predicted molar refractivity (Wildman–Crippen MR) is 100 cm³/mol. The number of rotatable bonds is 7. The second kappa shape index (κ2) is 8.27. The average Bonchev–Trinajstić information content (AvgIpc) is 3.31. The standard InChI is InChI=1S/C19H30N4O/c1-3-20-19(21-12-10-15-8-9-15)22-16-11-13-23(14-16)17-6-4-5-7-18(17)24-2/h4-7,15-16H,3,8-14H2,1-2H3,(H2,20,21,22). The quantitative estimate of drug-likeness (QED) is 0.596. The zero-order valence-electron chi connectivity index (χ0n) is 14.9. The summed E-state index contributed by atoms with van der Waals surface area (Å²) < 4.78 is 5.50. The molecule has 2 aliphatic rings. The first-order valence-corrected chi connectivity index (χ1v) is 9.23. The molecule has 1 unspecified atom stereocenters. The van der Waals surface area contributed by atoms with Crippen LogP contribution in [0.3, 0.4) is 0 Å². The molecule has 5 nitrogen and oxygen atoms in total. The second-order valence-electron chi connectivity index (χ2n) is 6.74. The van der Waals surface area contributed by atoms with Crippen molar-refractivity contribution in [1.82, 2.24) is 10.6 Å². The summed E-state index contributed by atoms with van der Waals surface area (Å²) in [6, 6.07) is 8.68. The fourth-order valence-electron chi connectivity index (χ4n) is 3.27. The lowest BCUT2D eigenvalue weighted by molar-refractivity contribution is 0.415. The Balaban J connectivity index is 1.55. The zero-order valence-corrected chi connectivity index (χ0v) is 14.9. The maximum Gasteiger partial charge on any atom is 0.191 e. The maximum atomic E-state index is 5.50. The molecule has 1 saturated carbocycles. The number of anilines is 1. The van der Waals surface area contributed by atoms with Gasteiger partial charge in [-0.3, -0.25) is 4.99 Å². The number of hydrogen-bond donors (Lipinski definition) is 2. The fraction of sp³-hybridized carbons (Fsp3) is 0.632. The molecule has 5 heteroatoms. The number of methoxy groups -OCH3 is 1. The summed E-state index contributed by atoms with van der Waals surface area (Å²) >= 11 is 0. The molecular weight excluding hydrogens is 300 g/mol. The van der Waals surface area contributed by atoms with E-state index in [1.807, 2.05) is 12.1 Å². The van der Waals surface area contributed by atoms with Crippen molar-refractivity contribution in [2.24, 2.45) is 10.9 Å². The van der Waals surface area contributed by atoms with Crippen molar-refractivity contribution in [2.75, 3.05) is 38.2 Å². The molecule has 0 spiro atoms. The average molecular weight is 330 g/mol. The summed E-state index contributed by atoms with van der Waals surface area (Å²) in [5, 5.41) is 6.98. The lowest BCUT2D eigenvalue weighted by Crippen LogP contribution is -2.44. The third-order valence-corrected chi connectivity index (χ3v) is 4.80. The normalized spacial score (nSPS) is 21.0. The molecule has 2 fully saturated rings. The van der Waals surface area contributed by atoms with Crippen molar-refractivity contribution in [3.63, 3.8) is 0 Å². The van der Waals surface area contributed by atoms with Crippen LogP contribution in [0.25, 0.3) is 0 Å². The van der Waals surface area contributed by atoms with Crippen LogP contribution in [-0.4, -0.2) is 45.3 Å². The minimum atomic E-state index is 0.425. The van der Waals surface area contributed by atoms with Gasteiger partial charge < -0.3 is 20.3 Å². The number of nitrogens with one attached hydrogen (secondary N) is 2. The van der Waals surface area contributed by atoms with Crippen LogP contribution < -0.4 is 20.3 Å². The smallest absolute Gasteiger partial charge is 0.191 e. The number of ether oxygens (including phenoxy) is 1. The Hall–Kier alpha value is -1.91. The number of guanidine groups is 1. The number of nitrogens with zero attached hydrogens (tertiary/aromatic N) is 2. The third-order valence-electron chi connectivity index (χ3n) is 4.80. The van der Waals surface area contributed by atoms with Crippen LogP contribution in [0.5, 0.6) is 5.75 Å². The van der Waals surface area contributed by atoms with Crippen molar-refractivity contribution in [3.8, 4) is 5.75 Å². The van der Waals surface area contributed by atoms with Gasteiger partial charge in [0, 0.05) is 32.2 Å². The molecule has 1 saturated heterocycles. The molecule has 0 amide bonds.